The molecule has 1 unspecified atom stereocenters. The van der Waals surface area contributed by atoms with E-state index < -0.39 is 23.8 Å². The van der Waals surface area contributed by atoms with Crippen LogP contribution >= 0.6 is 0 Å². The van der Waals surface area contributed by atoms with Gasteiger partial charge in [-0.25, -0.2) is 4.79 Å². The number of nitrogens with zero attached hydrogens (tertiary/aromatic N) is 5. The number of halogens is 3. The summed E-state index contributed by atoms with van der Waals surface area (Å²) in [4.78, 5) is 29.8. The zero-order valence-electron chi connectivity index (χ0n) is 21.5. The molecule has 2 heterocycles. The van der Waals surface area contributed by atoms with Crippen LogP contribution in [0.5, 0.6) is 0 Å². The lowest BCUT2D eigenvalue weighted by Gasteiger charge is -2.41. The van der Waals surface area contributed by atoms with E-state index in [1.54, 1.807) is 29.1 Å². The number of hydrogen-bond donors (Lipinski definition) is 0. The van der Waals surface area contributed by atoms with E-state index in [1.165, 1.54) is 29.0 Å². The van der Waals surface area contributed by atoms with Gasteiger partial charge in [-0.05, 0) is 65.6 Å². The molecular formula is C30H22F3N5O2. The molecule has 0 spiro atoms. The molecule has 0 bridgehead atoms. The Morgan fingerprint density at radius 2 is 1.80 bits per heavy atom. The van der Waals surface area contributed by atoms with Crippen LogP contribution in [0, 0.1) is 11.3 Å². The smallest absolute Gasteiger partial charge is 0.316 e. The lowest BCUT2D eigenvalue weighted by atomic mass is 9.86. The minimum atomic E-state index is -4.58. The number of aryl methyl sites for hydroxylation is 1. The van der Waals surface area contributed by atoms with Crippen molar-refractivity contribution in [3.63, 3.8) is 0 Å². The van der Waals surface area contributed by atoms with E-state index in [4.69, 9.17) is 0 Å². The number of fused-ring (bicyclic) bond motifs is 1. The normalized spacial score (nSPS) is 17.6. The van der Waals surface area contributed by atoms with Crippen molar-refractivity contribution in [2.75, 3.05) is 11.9 Å². The number of likely N-dealkylation sites (N-methyl/N-ethyl adjacent to an activating group) is 1. The second-order valence-electron chi connectivity index (χ2n) is 9.92. The standard InChI is InChI=1S/C30H22F3N5O2/c1-36-28(22-8-6-17(15-34)12-23(22)18-7-9-24-19(13-18)16-35-37(24)2)27-25(10-11-26(27)39)38(29(36)40)21-5-3-4-20(14-21)30(31,32)33/h3-9,12-14,16,28H,10-11H2,1-2H3. The lowest BCUT2D eigenvalue weighted by Crippen LogP contribution is -2.48. The third kappa shape index (κ3) is 3.93. The third-order valence-electron chi connectivity index (χ3n) is 7.59. The summed E-state index contributed by atoms with van der Waals surface area (Å²) in [6, 6.07) is 16.2. The second kappa shape index (κ2) is 9.09. The van der Waals surface area contributed by atoms with Crippen LogP contribution in [0.15, 0.2) is 78.1 Å². The molecule has 0 N–H and O–H groups in total. The van der Waals surface area contributed by atoms with Crippen LogP contribution < -0.4 is 4.90 Å². The Bertz CT molecular complexity index is 1800. The van der Waals surface area contributed by atoms with Crippen LogP contribution in [-0.2, 0) is 18.0 Å². The third-order valence-corrected chi connectivity index (χ3v) is 7.59. The molecular weight excluding hydrogens is 519 g/mol. The van der Waals surface area contributed by atoms with Crippen LogP contribution in [0.1, 0.15) is 35.6 Å². The lowest BCUT2D eigenvalue weighted by molar-refractivity contribution is -0.137. The highest BCUT2D eigenvalue weighted by molar-refractivity contribution is 6.08. The Morgan fingerprint density at radius 3 is 2.55 bits per heavy atom. The molecule has 200 valence electrons. The molecule has 1 aromatic heterocycles. The fourth-order valence-electron chi connectivity index (χ4n) is 5.68. The molecule has 2 aliphatic rings. The Balaban J connectivity index is 1.54. The first-order chi connectivity index (χ1) is 19.1. The van der Waals surface area contributed by atoms with Gasteiger partial charge in [0, 0.05) is 37.2 Å². The molecule has 4 aromatic rings. The number of urea groups is 1. The predicted molar refractivity (Wildman–Crippen MR) is 142 cm³/mol. The largest absolute Gasteiger partial charge is 0.416 e. The molecule has 0 radical (unpaired) electrons. The number of benzene rings is 3. The molecule has 10 heteroatoms. The highest BCUT2D eigenvalue weighted by Crippen LogP contribution is 2.47. The highest BCUT2D eigenvalue weighted by Gasteiger charge is 2.45. The van der Waals surface area contributed by atoms with Gasteiger partial charge in [-0.15, -0.1) is 0 Å². The number of alkyl halides is 3. The number of Topliss-reactive ketones (excluding diaryl/α,β-unsaturated/α-hetero) is 1. The van der Waals surface area contributed by atoms with E-state index in [2.05, 4.69) is 11.2 Å². The molecule has 1 aliphatic heterocycles. The van der Waals surface area contributed by atoms with Gasteiger partial charge < -0.3 is 4.90 Å². The molecule has 0 saturated carbocycles. The molecule has 2 amide bonds. The average Bonchev–Trinajstić information content (AvgIpc) is 3.50. The summed E-state index contributed by atoms with van der Waals surface area (Å²) < 4.78 is 42.2. The van der Waals surface area contributed by atoms with Crippen molar-refractivity contribution in [3.05, 3.63) is 94.8 Å². The van der Waals surface area contributed by atoms with Crippen LogP contribution in [-0.4, -0.2) is 33.5 Å². The van der Waals surface area contributed by atoms with Crippen molar-refractivity contribution < 1.29 is 22.8 Å². The van der Waals surface area contributed by atoms with Gasteiger partial charge in [-0.3, -0.25) is 14.4 Å². The quantitative estimate of drug-likeness (QED) is 0.302. The van der Waals surface area contributed by atoms with Crippen LogP contribution in [0.4, 0.5) is 23.7 Å². The maximum atomic E-state index is 13.8. The molecule has 7 nitrogen and oxygen atoms in total. The first-order valence-electron chi connectivity index (χ1n) is 12.5. The zero-order valence-corrected chi connectivity index (χ0v) is 21.5. The predicted octanol–water partition coefficient (Wildman–Crippen LogP) is 6.36. The molecule has 6 rings (SSSR count). The van der Waals surface area contributed by atoms with Crippen molar-refractivity contribution in [1.82, 2.24) is 14.7 Å². The fourth-order valence-corrected chi connectivity index (χ4v) is 5.68. The van der Waals surface area contributed by atoms with E-state index in [9.17, 15) is 28.0 Å². The monoisotopic (exact) mass is 541 g/mol. The summed E-state index contributed by atoms with van der Waals surface area (Å²) >= 11 is 0. The molecule has 0 fully saturated rings. The van der Waals surface area contributed by atoms with Gasteiger partial charge >= 0.3 is 12.2 Å². The zero-order chi connectivity index (χ0) is 28.3. The maximum absolute atomic E-state index is 13.8. The number of rotatable bonds is 3. The van der Waals surface area contributed by atoms with E-state index in [0.29, 0.717) is 28.0 Å². The van der Waals surface area contributed by atoms with Crippen molar-refractivity contribution >= 4 is 28.4 Å². The summed E-state index contributed by atoms with van der Waals surface area (Å²) in [5, 5.41) is 14.8. The number of amides is 2. The van der Waals surface area contributed by atoms with Gasteiger partial charge in [0.05, 0.1) is 40.6 Å². The van der Waals surface area contributed by atoms with E-state index in [-0.39, 0.29) is 24.3 Å². The summed E-state index contributed by atoms with van der Waals surface area (Å²) in [7, 11) is 3.37. The Kier molecular flexibility index (Phi) is 5.76. The average molecular weight is 542 g/mol. The summed E-state index contributed by atoms with van der Waals surface area (Å²) in [6.45, 7) is 0. The van der Waals surface area contributed by atoms with E-state index >= 15 is 0 Å². The molecule has 40 heavy (non-hydrogen) atoms. The van der Waals surface area contributed by atoms with Crippen LogP contribution in [0.25, 0.3) is 22.0 Å². The summed E-state index contributed by atoms with van der Waals surface area (Å²) in [6.07, 6.45) is -2.48. The van der Waals surface area contributed by atoms with Gasteiger partial charge in [0.25, 0.3) is 0 Å². The molecule has 1 atom stereocenters. The number of allylic oxidation sites excluding steroid dienone is 1. The van der Waals surface area contributed by atoms with Crippen molar-refractivity contribution in [3.8, 4) is 17.2 Å². The maximum Gasteiger partial charge on any atom is 0.416 e. The molecule has 0 saturated heterocycles. The number of anilines is 1. The minimum Gasteiger partial charge on any atom is -0.316 e. The van der Waals surface area contributed by atoms with Gasteiger partial charge in [-0.2, -0.15) is 23.5 Å². The van der Waals surface area contributed by atoms with E-state index in [1.807, 2.05) is 25.2 Å². The Hall–Kier alpha value is -4.91. The molecule has 1 aliphatic carbocycles. The van der Waals surface area contributed by atoms with Crippen LogP contribution in [0.3, 0.4) is 0 Å². The SMILES string of the molecule is CN1C(=O)N(c2cccc(C(F)(F)F)c2)C2=C(C(=O)CC2)C1c1ccc(C#N)cc1-c1ccc2c(cnn2C)c1. The van der Waals surface area contributed by atoms with Gasteiger partial charge in [0.15, 0.2) is 5.78 Å². The van der Waals surface area contributed by atoms with E-state index in [0.717, 1.165) is 28.6 Å². The Morgan fingerprint density at radius 1 is 1.00 bits per heavy atom. The number of carbonyl (C=O) groups excluding carboxylic acids is 2. The van der Waals surface area contributed by atoms with Crippen molar-refractivity contribution in [2.24, 2.45) is 7.05 Å². The number of ketones is 1. The number of carbonyl (C=O) groups is 2. The van der Waals surface area contributed by atoms with Gasteiger partial charge in [0.2, 0.25) is 0 Å². The number of nitriles is 1. The van der Waals surface area contributed by atoms with Crippen molar-refractivity contribution in [2.45, 2.75) is 25.1 Å². The topological polar surface area (TPSA) is 82.2 Å². The summed E-state index contributed by atoms with van der Waals surface area (Å²) in [5.74, 6) is -0.172. The fraction of sp³-hybridized carbons (Fsp3) is 0.200. The second-order valence-corrected chi connectivity index (χ2v) is 9.92. The van der Waals surface area contributed by atoms with Gasteiger partial charge in [-0.1, -0.05) is 18.2 Å². The number of hydrogen-bond acceptors (Lipinski definition) is 4. The summed E-state index contributed by atoms with van der Waals surface area (Å²) in [5.41, 5.74) is 3.36. The highest BCUT2D eigenvalue weighted by atomic mass is 19.4. The first kappa shape index (κ1) is 25.4. The first-order valence-corrected chi connectivity index (χ1v) is 12.5. The minimum absolute atomic E-state index is 0.0504. The Labute approximate surface area is 227 Å². The number of aromatic nitrogens is 2. The van der Waals surface area contributed by atoms with Crippen LogP contribution in [0.2, 0.25) is 0 Å². The van der Waals surface area contributed by atoms with Gasteiger partial charge in [0.1, 0.15) is 0 Å². The molecule has 3 aromatic carbocycles. The van der Waals surface area contributed by atoms with Crippen molar-refractivity contribution in [1.29, 1.82) is 5.26 Å².